The van der Waals surface area contributed by atoms with Crippen LogP contribution < -0.4 is 5.32 Å². The molecule has 0 aromatic rings. The third-order valence-electron chi connectivity index (χ3n) is 2.38. The first-order chi connectivity index (χ1) is 7.22. The molecule has 0 aliphatic carbocycles. The molecule has 4 nitrogen and oxygen atoms in total. The van der Waals surface area contributed by atoms with E-state index in [-0.39, 0.29) is 0 Å². The molecule has 1 amide bonds. The van der Waals surface area contributed by atoms with Gasteiger partial charge in [-0.2, -0.15) is 6.41 Å². The normalized spacial score (nSPS) is 11.3. The molecule has 0 heterocycles. The molecule has 0 saturated carbocycles. The Morgan fingerprint density at radius 2 is 1.81 bits per heavy atom. The predicted molar refractivity (Wildman–Crippen MR) is 58.2 cm³/mol. The van der Waals surface area contributed by atoms with Gasteiger partial charge in [0, 0.05) is 0 Å². The largest absolute Gasteiger partial charge is 0.520 e. The molecular formula is C11H20FmNO3-. The van der Waals surface area contributed by atoms with Crippen molar-refractivity contribution in [2.75, 3.05) is 0 Å². The Labute approximate surface area is 91.1 Å². The van der Waals surface area contributed by atoms with Crippen LogP contribution in [0.2, 0.25) is 0 Å². The number of unbranched alkanes of at least 4 members (excludes halogenated alkanes) is 5. The fourth-order valence-electron chi connectivity index (χ4n) is 1.46. The number of amides is 1. The summed E-state index contributed by atoms with van der Waals surface area (Å²) in [5, 5.41) is 10.9. The molecular weight excluding hydrogens is 451 g/mol. The standard InChI is InChI=1S/C11H20NO3.Fm/c1-2-3-4-5-6-7-8-10(11(14)15)12-9-13;/h10H,2-8H2,1H3,(H,12,13)(H,14,15);/q-1;/t10-;/m0./s1. The number of carbonyl (C=O) groups is 1. The Morgan fingerprint density at radius 3 is 2.31 bits per heavy atom. The van der Waals surface area contributed by atoms with Crippen molar-refractivity contribution in [2.24, 2.45) is 0 Å². The molecule has 0 saturated heterocycles. The first kappa shape index (κ1) is 16.4. The van der Waals surface area contributed by atoms with Gasteiger partial charge in [-0.15, -0.1) is 0 Å². The Bertz CT molecular complexity index is 188. The van der Waals surface area contributed by atoms with Crippen molar-refractivity contribution in [1.29, 1.82) is 0 Å². The van der Waals surface area contributed by atoms with Crippen molar-refractivity contribution in [1.82, 2.24) is 5.32 Å². The maximum absolute atomic E-state index is 10.6. The summed E-state index contributed by atoms with van der Waals surface area (Å²) >= 11 is 0. The second-order valence-electron chi connectivity index (χ2n) is 3.69. The van der Waals surface area contributed by atoms with Crippen LogP contribution in [0.25, 0.3) is 0 Å². The molecule has 0 unspecified atom stereocenters. The van der Waals surface area contributed by atoms with Gasteiger partial charge in [-0.25, -0.2) is 0 Å². The molecule has 0 rings (SSSR count). The number of aliphatic carboxylic acids is 1. The Balaban J connectivity index is 0. The van der Waals surface area contributed by atoms with Gasteiger partial charge in [-0.05, 0) is 6.42 Å². The van der Waals surface area contributed by atoms with E-state index >= 15 is 0 Å². The quantitative estimate of drug-likeness (QED) is 0.291. The van der Waals surface area contributed by atoms with Crippen LogP contribution in [0.1, 0.15) is 51.9 Å². The number of carbonyl (C=O) groups excluding carboxylic acids is 1. The van der Waals surface area contributed by atoms with Crippen LogP contribution in [-0.4, -0.2) is 23.5 Å². The van der Waals surface area contributed by atoms with Gasteiger partial charge in [0.2, 0.25) is 0 Å². The summed E-state index contributed by atoms with van der Waals surface area (Å²) < 4.78 is 0. The molecule has 0 aromatic heterocycles. The van der Waals surface area contributed by atoms with Crippen LogP contribution in [0.4, 0.5) is 0 Å². The Kier molecular flexibility index (Phi) is 11.3. The number of hydrogen-bond donors (Lipinski definition) is 2. The zero-order valence-electron chi connectivity index (χ0n) is 9.58. The van der Waals surface area contributed by atoms with Crippen molar-refractivity contribution >= 4 is 12.4 Å². The second-order valence-corrected chi connectivity index (χ2v) is 3.69. The summed E-state index contributed by atoms with van der Waals surface area (Å²) in [6.07, 6.45) is 8.60. The van der Waals surface area contributed by atoms with Gasteiger partial charge < -0.3 is 15.2 Å². The molecule has 1 atom stereocenters. The number of carboxylic acids is 1. The van der Waals surface area contributed by atoms with Crippen LogP contribution in [-0.2, 0) is 9.59 Å². The monoisotopic (exact) mass is 471 g/mol. The number of carboxylic acid groups (broad SMARTS) is 1. The molecule has 0 aromatic carbocycles. The van der Waals surface area contributed by atoms with Crippen LogP contribution in [0.3, 0.4) is 0 Å². The average Bonchev–Trinajstić information content (AvgIpc) is 2.21. The van der Waals surface area contributed by atoms with E-state index in [0.717, 1.165) is 19.3 Å². The SMILES string of the molecule is CCCCCCCC[C@H](N[C-]=O)C(=O)O.[Fm]. The number of rotatable bonds is 10. The molecule has 0 aliphatic heterocycles. The summed E-state index contributed by atoms with van der Waals surface area (Å²) in [5.74, 6) is -0.980. The molecule has 0 bridgehead atoms. The zero-order chi connectivity index (χ0) is 11.5. The van der Waals surface area contributed by atoms with Crippen molar-refractivity contribution in [3.8, 4) is 0 Å². The van der Waals surface area contributed by atoms with Crippen molar-refractivity contribution in [3.05, 3.63) is 0 Å². The Morgan fingerprint density at radius 1 is 1.25 bits per heavy atom. The molecule has 2 N–H and O–H groups in total. The summed E-state index contributed by atoms with van der Waals surface area (Å²) in [6.45, 7) is 2.16. The summed E-state index contributed by atoms with van der Waals surface area (Å²) in [7, 11) is 0. The minimum absolute atomic E-state index is 0. The van der Waals surface area contributed by atoms with E-state index < -0.39 is 12.0 Å². The molecule has 0 fully saturated rings. The predicted octanol–water partition coefficient (Wildman–Crippen LogP) is 1.85. The molecule has 5 heteroatoms. The minimum atomic E-state index is -0.980. The summed E-state index contributed by atoms with van der Waals surface area (Å²) in [6, 6.07) is -0.770. The van der Waals surface area contributed by atoms with Crippen LogP contribution in [0, 0.1) is 0 Å². The van der Waals surface area contributed by atoms with E-state index in [1.807, 2.05) is 0 Å². The second kappa shape index (κ2) is 11.0. The molecule has 100 valence electrons. The number of hydrogen-bond acceptors (Lipinski definition) is 2. The van der Waals surface area contributed by atoms with Gasteiger partial charge >= 0.3 is 5.97 Å². The van der Waals surface area contributed by atoms with Gasteiger partial charge in [0.25, 0.3) is 0 Å². The maximum atomic E-state index is 10.6. The average molecular weight is 471 g/mol. The van der Waals surface area contributed by atoms with E-state index in [2.05, 4.69) is 12.2 Å². The zero-order valence-corrected chi connectivity index (χ0v) is 12.0. The van der Waals surface area contributed by atoms with Gasteiger partial charge in [0.05, 0.1) is 6.04 Å². The van der Waals surface area contributed by atoms with Crippen LogP contribution in [0.5, 0.6) is 0 Å². The summed E-state index contributed by atoms with van der Waals surface area (Å²) in [4.78, 5) is 20.6. The van der Waals surface area contributed by atoms with Crippen molar-refractivity contribution < 1.29 is 14.7 Å². The van der Waals surface area contributed by atoms with E-state index in [0.29, 0.717) is 6.42 Å². The maximum Gasteiger partial charge on any atom is 0.323 e. The van der Waals surface area contributed by atoms with E-state index in [9.17, 15) is 9.59 Å². The molecule has 0 spiro atoms. The number of nitrogens with one attached hydrogen (secondary N) is 1. The molecule has 0 radical (unpaired) electrons. The van der Waals surface area contributed by atoms with Crippen LogP contribution >= 0.6 is 0 Å². The van der Waals surface area contributed by atoms with E-state index in [4.69, 9.17) is 5.11 Å². The van der Waals surface area contributed by atoms with Gasteiger partial charge in [-0.3, -0.25) is 4.79 Å². The minimum Gasteiger partial charge on any atom is -0.520 e. The Hall–Kier alpha value is -2.06. The van der Waals surface area contributed by atoms with Gasteiger partial charge in [0.1, 0.15) is 0 Å². The van der Waals surface area contributed by atoms with E-state index in [1.54, 1.807) is 0 Å². The first-order valence-electron chi connectivity index (χ1n) is 5.57. The molecule has 16 heavy (non-hydrogen) atoms. The summed E-state index contributed by atoms with van der Waals surface area (Å²) in [5.41, 5.74) is 0. The van der Waals surface area contributed by atoms with Gasteiger partial charge in [-0.1, -0.05) is 45.4 Å². The third-order valence-corrected chi connectivity index (χ3v) is 2.38. The fourth-order valence-corrected chi connectivity index (χ4v) is 1.46. The molecule has 0 aliphatic rings. The van der Waals surface area contributed by atoms with Gasteiger partial charge in [0.15, 0.2) is 0 Å². The fraction of sp³-hybridized carbons (Fsp3) is 0.818. The topological polar surface area (TPSA) is 66.4 Å². The first-order valence-corrected chi connectivity index (χ1v) is 5.57. The van der Waals surface area contributed by atoms with Crippen molar-refractivity contribution in [2.45, 2.75) is 57.9 Å². The van der Waals surface area contributed by atoms with Crippen molar-refractivity contribution in [3.63, 3.8) is 0 Å². The smallest absolute Gasteiger partial charge is 0.323 e. The van der Waals surface area contributed by atoms with Crippen LogP contribution in [0.15, 0.2) is 0 Å². The van der Waals surface area contributed by atoms with E-state index in [1.165, 1.54) is 25.7 Å². The third kappa shape index (κ3) is 8.53.